The first-order valence-electron chi connectivity index (χ1n) is 6.99. The van der Waals surface area contributed by atoms with Crippen LogP contribution >= 0.6 is 11.3 Å². The van der Waals surface area contributed by atoms with Gasteiger partial charge in [-0.05, 0) is 23.6 Å². The SMILES string of the molecule is NS(=O)(=O)c1ccc(NC(CC(=O)O)Cc2cccs2)c([N+](=O)[O-])c1. The Labute approximate surface area is 147 Å². The van der Waals surface area contributed by atoms with E-state index in [1.54, 1.807) is 0 Å². The smallest absolute Gasteiger partial charge is 0.305 e. The summed E-state index contributed by atoms with van der Waals surface area (Å²) in [6, 6.07) is 6.24. The minimum Gasteiger partial charge on any atom is -0.481 e. The van der Waals surface area contributed by atoms with E-state index >= 15 is 0 Å². The number of nitro groups is 1. The van der Waals surface area contributed by atoms with Gasteiger partial charge in [0.1, 0.15) is 5.69 Å². The quantitative estimate of drug-likeness (QED) is 0.462. The zero-order valence-electron chi connectivity index (χ0n) is 12.8. The van der Waals surface area contributed by atoms with Crippen LogP contribution in [0.2, 0.25) is 0 Å². The molecule has 1 atom stereocenters. The number of nitrogens with two attached hydrogens (primary N) is 1. The van der Waals surface area contributed by atoms with Crippen molar-refractivity contribution in [1.29, 1.82) is 0 Å². The van der Waals surface area contributed by atoms with E-state index < -0.39 is 37.5 Å². The number of nitrogens with zero attached hydrogens (tertiary/aromatic N) is 1. The summed E-state index contributed by atoms with van der Waals surface area (Å²) in [6.07, 6.45) is 0.101. The number of carboxylic acids is 1. The number of carboxylic acid groups (broad SMARTS) is 1. The van der Waals surface area contributed by atoms with Crippen molar-refractivity contribution in [2.75, 3.05) is 5.32 Å². The van der Waals surface area contributed by atoms with Gasteiger partial charge in [0.25, 0.3) is 5.69 Å². The van der Waals surface area contributed by atoms with Crippen LogP contribution in [0.15, 0.2) is 40.6 Å². The van der Waals surface area contributed by atoms with E-state index in [1.807, 2.05) is 17.5 Å². The second-order valence-electron chi connectivity index (χ2n) is 5.20. The first-order chi connectivity index (χ1) is 11.7. The molecule has 0 radical (unpaired) electrons. The van der Waals surface area contributed by atoms with Gasteiger partial charge in [-0.25, -0.2) is 13.6 Å². The van der Waals surface area contributed by atoms with Gasteiger partial charge in [0.05, 0.1) is 16.2 Å². The van der Waals surface area contributed by atoms with Gasteiger partial charge in [0.2, 0.25) is 10.0 Å². The number of hydrogen-bond donors (Lipinski definition) is 3. The number of benzene rings is 1. The van der Waals surface area contributed by atoms with Crippen LogP contribution in [0, 0.1) is 10.1 Å². The maximum Gasteiger partial charge on any atom is 0.305 e. The highest BCUT2D eigenvalue weighted by Crippen LogP contribution is 2.29. The molecule has 25 heavy (non-hydrogen) atoms. The number of hydrogen-bond acceptors (Lipinski definition) is 7. The lowest BCUT2D eigenvalue weighted by Gasteiger charge is -2.18. The minimum absolute atomic E-state index is 0.0280. The van der Waals surface area contributed by atoms with E-state index in [2.05, 4.69) is 5.32 Å². The van der Waals surface area contributed by atoms with Crippen LogP contribution < -0.4 is 10.5 Å². The lowest BCUT2D eigenvalue weighted by atomic mass is 10.1. The molecule has 134 valence electrons. The minimum atomic E-state index is -4.09. The Morgan fingerprint density at radius 2 is 2.12 bits per heavy atom. The molecule has 1 heterocycles. The molecule has 1 aromatic carbocycles. The Bertz CT molecular complexity index is 880. The van der Waals surface area contributed by atoms with Crippen molar-refractivity contribution in [2.24, 2.45) is 5.14 Å². The molecule has 0 saturated heterocycles. The lowest BCUT2D eigenvalue weighted by molar-refractivity contribution is -0.384. The van der Waals surface area contributed by atoms with E-state index in [0.29, 0.717) is 6.42 Å². The summed E-state index contributed by atoms with van der Waals surface area (Å²) >= 11 is 1.44. The van der Waals surface area contributed by atoms with Crippen LogP contribution in [0.4, 0.5) is 11.4 Å². The molecule has 0 saturated carbocycles. The van der Waals surface area contributed by atoms with Gasteiger partial charge in [0, 0.05) is 23.4 Å². The second kappa shape index (κ2) is 7.59. The molecule has 0 bridgehead atoms. The van der Waals surface area contributed by atoms with Crippen molar-refractivity contribution < 1.29 is 23.2 Å². The van der Waals surface area contributed by atoms with Gasteiger partial charge in [-0.15, -0.1) is 11.3 Å². The summed E-state index contributed by atoms with van der Waals surface area (Å²) in [6.45, 7) is 0. The topological polar surface area (TPSA) is 153 Å². The summed E-state index contributed by atoms with van der Waals surface area (Å²) < 4.78 is 22.7. The number of aliphatic carboxylic acids is 1. The standard InChI is InChI=1S/C14H15N3O6S2/c15-25(22,23)11-3-4-12(13(8-11)17(20)21)16-9(7-14(18)19)6-10-2-1-5-24-10/h1-5,8-9,16H,6-7H2,(H,18,19)(H2,15,22,23). The Hall–Kier alpha value is -2.50. The highest BCUT2D eigenvalue weighted by molar-refractivity contribution is 7.89. The van der Waals surface area contributed by atoms with Crippen molar-refractivity contribution in [2.45, 2.75) is 23.8 Å². The number of thiophene rings is 1. The molecule has 0 aliphatic carbocycles. The number of anilines is 1. The van der Waals surface area contributed by atoms with Crippen molar-refractivity contribution >= 4 is 38.7 Å². The predicted octanol–water partition coefficient (Wildman–Crippen LogP) is 1.80. The number of carbonyl (C=O) groups is 1. The van der Waals surface area contributed by atoms with E-state index in [1.165, 1.54) is 17.4 Å². The van der Waals surface area contributed by atoms with Crippen LogP contribution in [0.3, 0.4) is 0 Å². The van der Waals surface area contributed by atoms with Gasteiger partial charge in [-0.3, -0.25) is 14.9 Å². The second-order valence-corrected chi connectivity index (χ2v) is 7.80. The van der Waals surface area contributed by atoms with Crippen molar-refractivity contribution in [3.8, 4) is 0 Å². The molecule has 0 spiro atoms. The molecular weight excluding hydrogens is 370 g/mol. The molecule has 0 amide bonds. The number of sulfonamides is 1. The molecule has 0 aliphatic rings. The number of rotatable bonds is 8. The van der Waals surface area contributed by atoms with Gasteiger partial charge in [-0.2, -0.15) is 0 Å². The van der Waals surface area contributed by atoms with Crippen LogP contribution in [0.25, 0.3) is 0 Å². The first-order valence-corrected chi connectivity index (χ1v) is 9.41. The summed E-state index contributed by atoms with van der Waals surface area (Å²) in [4.78, 5) is 22.1. The number of primary sulfonamides is 1. The fourth-order valence-electron chi connectivity index (χ4n) is 2.24. The van der Waals surface area contributed by atoms with E-state index in [9.17, 15) is 23.3 Å². The number of nitrogens with one attached hydrogen (secondary N) is 1. The predicted molar refractivity (Wildman–Crippen MR) is 92.2 cm³/mol. The molecule has 0 fully saturated rings. The largest absolute Gasteiger partial charge is 0.481 e. The molecule has 4 N–H and O–H groups in total. The Balaban J connectivity index is 2.33. The van der Waals surface area contributed by atoms with Crippen LogP contribution in [0.1, 0.15) is 11.3 Å². The maximum absolute atomic E-state index is 11.4. The van der Waals surface area contributed by atoms with Crippen molar-refractivity contribution in [3.05, 3.63) is 50.7 Å². The van der Waals surface area contributed by atoms with Crippen LogP contribution in [-0.2, 0) is 21.2 Å². The fourth-order valence-corrected chi connectivity index (χ4v) is 3.56. The third-order valence-corrected chi connectivity index (χ3v) is 5.11. The molecule has 2 rings (SSSR count). The molecule has 11 heteroatoms. The summed E-state index contributed by atoms with van der Waals surface area (Å²) in [5.41, 5.74) is -0.465. The first kappa shape index (κ1) is 18.8. The Morgan fingerprint density at radius 3 is 2.64 bits per heavy atom. The van der Waals surface area contributed by atoms with Crippen LogP contribution in [0.5, 0.6) is 0 Å². The van der Waals surface area contributed by atoms with E-state index in [4.69, 9.17) is 10.2 Å². The summed E-state index contributed by atoms with van der Waals surface area (Å²) in [5.74, 6) is -1.06. The maximum atomic E-state index is 11.4. The molecule has 2 aromatic rings. The zero-order valence-corrected chi connectivity index (χ0v) is 14.4. The van der Waals surface area contributed by atoms with Crippen LogP contribution in [-0.4, -0.2) is 30.5 Å². The highest BCUT2D eigenvalue weighted by atomic mass is 32.2. The van der Waals surface area contributed by atoms with Crippen molar-refractivity contribution in [1.82, 2.24) is 0 Å². The molecule has 1 unspecified atom stereocenters. The molecule has 0 aliphatic heterocycles. The third kappa shape index (κ3) is 5.24. The monoisotopic (exact) mass is 385 g/mol. The van der Waals surface area contributed by atoms with Gasteiger partial charge < -0.3 is 10.4 Å². The van der Waals surface area contributed by atoms with Crippen molar-refractivity contribution in [3.63, 3.8) is 0 Å². The molecule has 1 aromatic heterocycles. The third-order valence-electron chi connectivity index (χ3n) is 3.30. The van der Waals surface area contributed by atoms with Gasteiger partial charge in [-0.1, -0.05) is 6.07 Å². The summed E-state index contributed by atoms with van der Waals surface area (Å²) in [5, 5.41) is 29.9. The fraction of sp³-hybridized carbons (Fsp3) is 0.214. The Kier molecular flexibility index (Phi) is 5.72. The Morgan fingerprint density at radius 1 is 1.40 bits per heavy atom. The highest BCUT2D eigenvalue weighted by Gasteiger charge is 2.22. The molecule has 9 nitrogen and oxygen atoms in total. The average molecular weight is 385 g/mol. The van der Waals surface area contributed by atoms with E-state index in [0.717, 1.165) is 17.0 Å². The molecular formula is C14H15N3O6S2. The normalized spacial score (nSPS) is 12.5. The van der Waals surface area contributed by atoms with Gasteiger partial charge >= 0.3 is 5.97 Å². The summed E-state index contributed by atoms with van der Waals surface area (Å²) in [7, 11) is -4.09. The van der Waals surface area contributed by atoms with Gasteiger partial charge in [0.15, 0.2) is 0 Å². The number of nitro benzene ring substituents is 1. The lowest BCUT2D eigenvalue weighted by Crippen LogP contribution is -2.26. The zero-order chi connectivity index (χ0) is 18.6. The van der Waals surface area contributed by atoms with E-state index in [-0.39, 0.29) is 12.1 Å². The average Bonchev–Trinajstić information content (AvgIpc) is 2.98.